The third-order valence-corrected chi connectivity index (χ3v) is 5.98. The molecule has 2 aromatic carbocycles. The predicted octanol–water partition coefficient (Wildman–Crippen LogP) is 3.21. The number of rotatable bonds is 3. The molecule has 2 aliphatic rings. The van der Waals surface area contributed by atoms with Gasteiger partial charge in [-0.05, 0) is 49.7 Å². The Morgan fingerprint density at radius 3 is 2.32 bits per heavy atom. The Morgan fingerprint density at radius 1 is 0.920 bits per heavy atom. The van der Waals surface area contributed by atoms with Crippen molar-refractivity contribution in [3.05, 3.63) is 60.2 Å². The topological polar surface area (TPSA) is 26.7 Å². The van der Waals surface area contributed by atoms with Crippen LogP contribution in [0.3, 0.4) is 0 Å². The lowest BCUT2D eigenvalue weighted by atomic mass is 9.74. The quantitative estimate of drug-likeness (QED) is 0.932. The van der Waals surface area contributed by atoms with E-state index < -0.39 is 0 Å². The lowest BCUT2D eigenvalue weighted by molar-refractivity contribution is -0.0614. The van der Waals surface area contributed by atoms with Crippen LogP contribution in [0.25, 0.3) is 11.1 Å². The Balaban J connectivity index is 1.57. The number of hydrogen-bond donors (Lipinski definition) is 1. The first-order valence-electron chi connectivity index (χ1n) is 9.48. The van der Waals surface area contributed by atoms with Gasteiger partial charge in [0.1, 0.15) is 0 Å². The van der Waals surface area contributed by atoms with Crippen molar-refractivity contribution in [2.24, 2.45) is 0 Å². The Kier molecular flexibility index (Phi) is 4.89. The van der Waals surface area contributed by atoms with Crippen LogP contribution in [0, 0.1) is 0 Å². The van der Waals surface area contributed by atoms with E-state index in [1.54, 1.807) is 0 Å². The summed E-state index contributed by atoms with van der Waals surface area (Å²) in [6, 6.07) is 20.3. The third kappa shape index (κ3) is 3.24. The molecule has 0 amide bonds. The Bertz CT molecular complexity index is 685. The average Bonchev–Trinajstić information content (AvgIpc) is 2.64. The zero-order valence-corrected chi connectivity index (χ0v) is 15.0. The van der Waals surface area contributed by atoms with Crippen LogP contribution in [0.4, 0.5) is 0 Å². The fourth-order valence-electron chi connectivity index (χ4n) is 4.64. The molecule has 1 N–H and O–H groups in total. The van der Waals surface area contributed by atoms with Crippen molar-refractivity contribution >= 4 is 0 Å². The summed E-state index contributed by atoms with van der Waals surface area (Å²) >= 11 is 0. The molecular formula is C22H28N2O. The van der Waals surface area contributed by atoms with Crippen LogP contribution >= 0.6 is 0 Å². The predicted molar refractivity (Wildman–Crippen MR) is 103 cm³/mol. The molecule has 0 aliphatic carbocycles. The highest BCUT2D eigenvalue weighted by Gasteiger charge is 2.48. The van der Waals surface area contributed by atoms with Crippen molar-refractivity contribution < 1.29 is 5.11 Å². The lowest BCUT2D eigenvalue weighted by Gasteiger charge is -2.57. The molecule has 3 heteroatoms. The summed E-state index contributed by atoms with van der Waals surface area (Å²) in [4.78, 5) is 4.99. The zero-order chi connectivity index (χ0) is 17.2. The molecule has 0 aromatic heterocycles. The van der Waals surface area contributed by atoms with Gasteiger partial charge in [-0.1, -0.05) is 54.6 Å². The highest BCUT2D eigenvalue weighted by molar-refractivity contribution is 5.63. The van der Waals surface area contributed by atoms with E-state index in [1.807, 2.05) is 0 Å². The molecular weight excluding hydrogens is 308 g/mol. The second-order valence-corrected chi connectivity index (χ2v) is 7.54. The summed E-state index contributed by atoms with van der Waals surface area (Å²) in [5.41, 5.74) is 3.89. The van der Waals surface area contributed by atoms with Crippen molar-refractivity contribution in [2.75, 3.05) is 33.3 Å². The summed E-state index contributed by atoms with van der Waals surface area (Å²) in [5, 5.41) is 9.96. The number of benzene rings is 2. The van der Waals surface area contributed by atoms with Crippen molar-refractivity contribution in [3.63, 3.8) is 0 Å². The monoisotopic (exact) mass is 336 g/mol. The van der Waals surface area contributed by atoms with E-state index >= 15 is 0 Å². The van der Waals surface area contributed by atoms with E-state index in [-0.39, 0.29) is 12.6 Å². The highest BCUT2D eigenvalue weighted by atomic mass is 16.3. The van der Waals surface area contributed by atoms with E-state index in [4.69, 9.17) is 0 Å². The normalized spacial score (nSPS) is 27.8. The molecule has 2 aliphatic heterocycles. The molecule has 132 valence electrons. The molecule has 3 atom stereocenters. The van der Waals surface area contributed by atoms with Crippen molar-refractivity contribution in [3.8, 4) is 11.1 Å². The highest BCUT2D eigenvalue weighted by Crippen LogP contribution is 2.42. The van der Waals surface area contributed by atoms with Crippen LogP contribution in [0.5, 0.6) is 0 Å². The van der Waals surface area contributed by atoms with Gasteiger partial charge in [-0.3, -0.25) is 4.90 Å². The maximum Gasteiger partial charge on any atom is 0.0593 e. The molecule has 3 nitrogen and oxygen atoms in total. The molecule has 4 rings (SSSR count). The first-order chi connectivity index (χ1) is 12.3. The lowest BCUT2D eigenvalue weighted by Crippen LogP contribution is -2.67. The Hall–Kier alpha value is -1.68. The van der Waals surface area contributed by atoms with Gasteiger partial charge in [-0.2, -0.15) is 0 Å². The molecule has 0 unspecified atom stereocenters. The number of likely N-dealkylation sites (N-methyl/N-ethyl adjacent to an activating group) is 1. The standard InChI is InChI=1S/C22H28N2O/c1-23-13-5-6-14-24-20(15-23)22(21(24)16-25)19-11-9-18(10-12-19)17-7-3-2-4-8-17/h2-4,7-12,20-22,25H,5-6,13-16H2,1H3/t20-,21-,22+/m0/s1. The van der Waals surface area contributed by atoms with Crippen molar-refractivity contribution in [1.29, 1.82) is 0 Å². The van der Waals surface area contributed by atoms with Crippen LogP contribution in [-0.4, -0.2) is 60.3 Å². The van der Waals surface area contributed by atoms with Crippen LogP contribution in [0.15, 0.2) is 54.6 Å². The van der Waals surface area contributed by atoms with Gasteiger partial charge in [0.05, 0.1) is 6.61 Å². The molecule has 2 aromatic rings. The van der Waals surface area contributed by atoms with Gasteiger partial charge in [-0.15, -0.1) is 0 Å². The number of aliphatic hydroxyl groups excluding tert-OH is 1. The van der Waals surface area contributed by atoms with Gasteiger partial charge >= 0.3 is 0 Å². The van der Waals surface area contributed by atoms with Gasteiger partial charge in [0.2, 0.25) is 0 Å². The van der Waals surface area contributed by atoms with Gasteiger partial charge < -0.3 is 10.0 Å². The number of fused-ring (bicyclic) bond motifs is 1. The molecule has 0 saturated carbocycles. The van der Waals surface area contributed by atoms with E-state index in [2.05, 4.69) is 71.4 Å². The van der Waals surface area contributed by atoms with E-state index in [0.29, 0.717) is 12.0 Å². The van der Waals surface area contributed by atoms with Crippen molar-refractivity contribution in [2.45, 2.75) is 30.8 Å². The van der Waals surface area contributed by atoms with Crippen LogP contribution < -0.4 is 0 Å². The zero-order valence-electron chi connectivity index (χ0n) is 15.0. The maximum absolute atomic E-state index is 9.96. The molecule has 25 heavy (non-hydrogen) atoms. The number of hydrogen-bond acceptors (Lipinski definition) is 3. The van der Waals surface area contributed by atoms with Crippen molar-refractivity contribution in [1.82, 2.24) is 9.80 Å². The fourth-order valence-corrected chi connectivity index (χ4v) is 4.64. The Labute approximate surface area is 150 Å². The molecule has 2 heterocycles. The number of aliphatic hydroxyl groups is 1. The minimum atomic E-state index is 0.255. The molecule has 0 radical (unpaired) electrons. The maximum atomic E-state index is 9.96. The number of nitrogens with zero attached hydrogens (tertiary/aromatic N) is 2. The van der Waals surface area contributed by atoms with E-state index in [9.17, 15) is 5.11 Å². The molecule has 0 bridgehead atoms. The summed E-state index contributed by atoms with van der Waals surface area (Å²) in [6.07, 6.45) is 2.49. The minimum Gasteiger partial charge on any atom is -0.395 e. The van der Waals surface area contributed by atoms with E-state index in [1.165, 1.54) is 36.1 Å². The van der Waals surface area contributed by atoms with Gasteiger partial charge in [0.25, 0.3) is 0 Å². The van der Waals surface area contributed by atoms with Gasteiger partial charge in [0.15, 0.2) is 0 Å². The summed E-state index contributed by atoms with van der Waals surface area (Å²) in [6.45, 7) is 3.67. The van der Waals surface area contributed by atoms with Crippen LogP contribution in [0.2, 0.25) is 0 Å². The summed E-state index contributed by atoms with van der Waals surface area (Å²) in [5.74, 6) is 0.440. The summed E-state index contributed by atoms with van der Waals surface area (Å²) < 4.78 is 0. The van der Waals surface area contributed by atoms with Gasteiger partial charge in [0, 0.05) is 24.5 Å². The van der Waals surface area contributed by atoms with Crippen LogP contribution in [0.1, 0.15) is 24.3 Å². The first kappa shape index (κ1) is 16.8. The first-order valence-corrected chi connectivity index (χ1v) is 9.48. The largest absolute Gasteiger partial charge is 0.395 e. The Morgan fingerprint density at radius 2 is 1.60 bits per heavy atom. The minimum absolute atomic E-state index is 0.255. The molecule has 2 saturated heterocycles. The summed E-state index contributed by atoms with van der Waals surface area (Å²) in [7, 11) is 2.23. The molecule has 2 fully saturated rings. The van der Waals surface area contributed by atoms with Gasteiger partial charge in [-0.25, -0.2) is 0 Å². The third-order valence-electron chi connectivity index (χ3n) is 5.98. The average molecular weight is 336 g/mol. The fraction of sp³-hybridized carbons (Fsp3) is 0.455. The second-order valence-electron chi connectivity index (χ2n) is 7.54. The molecule has 0 spiro atoms. The van der Waals surface area contributed by atoms with Crippen LogP contribution in [-0.2, 0) is 0 Å². The SMILES string of the molecule is CN1CCCCN2[C@@H](CO)[C@H](c3ccc(-c4ccccc4)cc3)[C@@H]2C1. The smallest absolute Gasteiger partial charge is 0.0593 e. The second kappa shape index (κ2) is 7.28. The van der Waals surface area contributed by atoms with E-state index in [0.717, 1.165) is 13.1 Å².